The zero-order valence-electron chi connectivity index (χ0n) is 19.9. The van der Waals surface area contributed by atoms with Gasteiger partial charge in [0.15, 0.2) is 16.9 Å². The normalized spacial score (nSPS) is 12.5. The van der Waals surface area contributed by atoms with E-state index in [2.05, 4.69) is 25.2 Å². The number of benzene rings is 2. The number of nitrogens with zero attached hydrogens (tertiary/aromatic N) is 5. The standard InChI is InChI=1S/C24H23N7O6/c1-30-20-19(22(34)27-24(30)35)31(11-13(32)12-37-15-9-7-14(36-2)8-10-15)23(26-20)29-28-18-16-5-3-4-6-17(16)25-21(18)33/h3-10,13,25,32-33H,11-12H2,1-2H3,(H,27,34,35). The van der Waals surface area contributed by atoms with Crippen LogP contribution < -0.4 is 20.7 Å². The number of aromatic amines is 2. The number of hydrogen-bond donors (Lipinski definition) is 4. The molecule has 37 heavy (non-hydrogen) atoms. The Morgan fingerprint density at radius 3 is 2.54 bits per heavy atom. The van der Waals surface area contributed by atoms with Gasteiger partial charge in [-0.05, 0) is 30.3 Å². The molecular formula is C24H23N7O6. The molecule has 0 bridgehead atoms. The van der Waals surface area contributed by atoms with Gasteiger partial charge >= 0.3 is 5.69 Å². The quantitative estimate of drug-likeness (QED) is 0.235. The molecule has 2 aromatic carbocycles. The molecule has 1 atom stereocenters. The van der Waals surface area contributed by atoms with Crippen LogP contribution in [0, 0.1) is 0 Å². The summed E-state index contributed by atoms with van der Waals surface area (Å²) in [5.74, 6) is 0.949. The Bertz CT molecular complexity index is 1730. The highest BCUT2D eigenvalue weighted by Crippen LogP contribution is 2.36. The molecule has 13 nitrogen and oxygen atoms in total. The number of rotatable bonds is 8. The van der Waals surface area contributed by atoms with E-state index in [1.54, 1.807) is 55.6 Å². The van der Waals surface area contributed by atoms with E-state index in [0.717, 1.165) is 4.57 Å². The van der Waals surface area contributed by atoms with Crippen LogP contribution in [0.4, 0.5) is 11.6 Å². The van der Waals surface area contributed by atoms with Crippen LogP contribution in [0.3, 0.4) is 0 Å². The number of azo groups is 1. The van der Waals surface area contributed by atoms with Crippen molar-refractivity contribution >= 4 is 33.7 Å². The van der Waals surface area contributed by atoms with Crippen molar-refractivity contribution in [3.8, 4) is 17.4 Å². The Labute approximate surface area is 208 Å². The summed E-state index contributed by atoms with van der Waals surface area (Å²) in [5.41, 5.74) is -0.404. The third-order valence-electron chi connectivity index (χ3n) is 5.78. The van der Waals surface area contributed by atoms with Gasteiger partial charge in [0, 0.05) is 12.4 Å². The number of aryl methyl sites for hydroxylation is 1. The van der Waals surface area contributed by atoms with Crippen LogP contribution in [-0.4, -0.2) is 54.1 Å². The minimum atomic E-state index is -1.08. The van der Waals surface area contributed by atoms with E-state index >= 15 is 0 Å². The zero-order valence-corrected chi connectivity index (χ0v) is 19.9. The summed E-state index contributed by atoms with van der Waals surface area (Å²) >= 11 is 0. The van der Waals surface area contributed by atoms with E-state index in [1.807, 2.05) is 0 Å². The van der Waals surface area contributed by atoms with Crippen molar-refractivity contribution in [2.75, 3.05) is 13.7 Å². The van der Waals surface area contributed by atoms with E-state index in [4.69, 9.17) is 9.47 Å². The Kier molecular flexibility index (Phi) is 6.19. The molecule has 3 heterocycles. The number of aromatic nitrogens is 5. The minimum Gasteiger partial charge on any atom is -0.497 e. The fourth-order valence-electron chi connectivity index (χ4n) is 3.91. The molecule has 0 spiro atoms. The number of imidazole rings is 1. The maximum atomic E-state index is 12.7. The number of aromatic hydroxyl groups is 1. The summed E-state index contributed by atoms with van der Waals surface area (Å²) in [7, 11) is 3.01. The lowest BCUT2D eigenvalue weighted by Crippen LogP contribution is -2.30. The summed E-state index contributed by atoms with van der Waals surface area (Å²) in [6.07, 6.45) is -1.08. The molecule has 5 rings (SSSR count). The average molecular weight is 505 g/mol. The topological polar surface area (TPSA) is 172 Å². The van der Waals surface area contributed by atoms with Crippen LogP contribution in [0.5, 0.6) is 17.4 Å². The van der Waals surface area contributed by atoms with Gasteiger partial charge in [0.1, 0.15) is 24.2 Å². The van der Waals surface area contributed by atoms with Crippen molar-refractivity contribution in [2.24, 2.45) is 17.3 Å². The van der Waals surface area contributed by atoms with Crippen LogP contribution in [0.15, 0.2) is 68.3 Å². The zero-order chi connectivity index (χ0) is 26.1. The highest BCUT2D eigenvalue weighted by atomic mass is 16.5. The molecule has 0 aliphatic rings. The van der Waals surface area contributed by atoms with Crippen LogP contribution in [0.1, 0.15) is 0 Å². The number of nitrogens with one attached hydrogen (secondary N) is 2. The molecule has 4 N–H and O–H groups in total. The molecule has 0 radical (unpaired) electrons. The molecule has 0 fully saturated rings. The molecule has 13 heteroatoms. The van der Waals surface area contributed by atoms with Crippen LogP contribution in [-0.2, 0) is 13.6 Å². The summed E-state index contributed by atoms with van der Waals surface area (Å²) in [6, 6.07) is 14.0. The SMILES string of the molecule is COc1ccc(OCC(O)Cn2c(N=Nc3c(O)[nH]c4ccccc34)nc3c2c(=O)[nH]c(=O)n3C)cc1. The van der Waals surface area contributed by atoms with Gasteiger partial charge in [-0.3, -0.25) is 18.9 Å². The highest BCUT2D eigenvalue weighted by molar-refractivity contribution is 5.94. The first kappa shape index (κ1) is 23.8. The number of ether oxygens (including phenoxy) is 2. The van der Waals surface area contributed by atoms with E-state index < -0.39 is 17.4 Å². The number of aliphatic hydroxyl groups is 1. The molecule has 190 valence electrons. The number of para-hydroxylation sites is 1. The first-order valence-electron chi connectivity index (χ1n) is 11.2. The molecule has 1 unspecified atom stereocenters. The molecule has 0 aliphatic heterocycles. The maximum absolute atomic E-state index is 12.7. The summed E-state index contributed by atoms with van der Waals surface area (Å²) in [4.78, 5) is 34.2. The van der Waals surface area contributed by atoms with Crippen LogP contribution in [0.2, 0.25) is 0 Å². The van der Waals surface area contributed by atoms with Crippen LogP contribution >= 0.6 is 0 Å². The van der Waals surface area contributed by atoms with Crippen molar-refractivity contribution < 1.29 is 19.7 Å². The van der Waals surface area contributed by atoms with Gasteiger partial charge in [0.2, 0.25) is 5.88 Å². The lowest BCUT2D eigenvalue weighted by molar-refractivity contribution is 0.0937. The maximum Gasteiger partial charge on any atom is 0.329 e. The highest BCUT2D eigenvalue weighted by Gasteiger charge is 2.20. The van der Waals surface area contributed by atoms with E-state index in [0.29, 0.717) is 22.4 Å². The molecule has 0 amide bonds. The Morgan fingerprint density at radius 2 is 1.78 bits per heavy atom. The molecule has 5 aromatic rings. The molecular weight excluding hydrogens is 482 g/mol. The van der Waals surface area contributed by atoms with Gasteiger partial charge in [-0.15, -0.1) is 10.2 Å². The lowest BCUT2D eigenvalue weighted by Gasteiger charge is -2.14. The van der Waals surface area contributed by atoms with E-state index in [1.165, 1.54) is 11.6 Å². The predicted octanol–water partition coefficient (Wildman–Crippen LogP) is 2.47. The summed E-state index contributed by atoms with van der Waals surface area (Å²) in [5, 5.41) is 30.0. The van der Waals surface area contributed by atoms with Gasteiger partial charge in [0.05, 0.1) is 19.2 Å². The Balaban J connectivity index is 1.49. The first-order chi connectivity index (χ1) is 17.9. The smallest absolute Gasteiger partial charge is 0.329 e. The van der Waals surface area contributed by atoms with Gasteiger partial charge < -0.3 is 24.7 Å². The van der Waals surface area contributed by atoms with E-state index in [-0.39, 0.29) is 41.8 Å². The second-order valence-electron chi connectivity index (χ2n) is 8.22. The second kappa shape index (κ2) is 9.62. The third kappa shape index (κ3) is 4.54. The number of fused-ring (bicyclic) bond motifs is 2. The van der Waals surface area contributed by atoms with Crippen molar-refractivity contribution in [3.05, 3.63) is 69.4 Å². The van der Waals surface area contributed by atoms with Crippen LogP contribution in [0.25, 0.3) is 22.1 Å². The fourth-order valence-corrected chi connectivity index (χ4v) is 3.91. The predicted molar refractivity (Wildman–Crippen MR) is 134 cm³/mol. The molecule has 0 saturated carbocycles. The van der Waals surface area contributed by atoms with Crippen molar-refractivity contribution in [3.63, 3.8) is 0 Å². The molecule has 3 aromatic heterocycles. The number of hydrogen-bond acceptors (Lipinski definition) is 9. The second-order valence-corrected chi connectivity index (χ2v) is 8.22. The largest absolute Gasteiger partial charge is 0.497 e. The monoisotopic (exact) mass is 505 g/mol. The van der Waals surface area contributed by atoms with E-state index in [9.17, 15) is 19.8 Å². The molecule has 0 aliphatic carbocycles. The average Bonchev–Trinajstić information content (AvgIpc) is 3.42. The lowest BCUT2D eigenvalue weighted by atomic mass is 10.2. The molecule has 0 saturated heterocycles. The van der Waals surface area contributed by atoms with Crippen molar-refractivity contribution in [2.45, 2.75) is 12.6 Å². The number of methoxy groups -OCH3 is 1. The Hall–Kier alpha value is -4.91. The van der Waals surface area contributed by atoms with Gasteiger partial charge in [-0.1, -0.05) is 18.2 Å². The minimum absolute atomic E-state index is 0.0303. The Morgan fingerprint density at radius 1 is 1.05 bits per heavy atom. The summed E-state index contributed by atoms with van der Waals surface area (Å²) in [6.45, 7) is -0.238. The van der Waals surface area contributed by atoms with Crippen molar-refractivity contribution in [1.29, 1.82) is 0 Å². The van der Waals surface area contributed by atoms with Gasteiger partial charge in [-0.25, -0.2) is 4.79 Å². The van der Waals surface area contributed by atoms with Crippen molar-refractivity contribution in [1.82, 2.24) is 24.1 Å². The number of aliphatic hydroxyl groups excluding tert-OH is 1. The van der Waals surface area contributed by atoms with Gasteiger partial charge in [0.25, 0.3) is 11.5 Å². The fraction of sp³-hybridized carbons (Fsp3) is 0.208. The number of H-pyrrole nitrogens is 2. The first-order valence-corrected chi connectivity index (χ1v) is 11.2. The third-order valence-corrected chi connectivity index (χ3v) is 5.78. The van der Waals surface area contributed by atoms with Gasteiger partial charge in [-0.2, -0.15) is 4.98 Å². The summed E-state index contributed by atoms with van der Waals surface area (Å²) < 4.78 is 13.3.